The highest BCUT2D eigenvalue weighted by molar-refractivity contribution is 5.62. The van der Waals surface area contributed by atoms with Crippen LogP contribution in [0.5, 0.6) is 0 Å². The highest BCUT2D eigenvalue weighted by Crippen LogP contribution is 2.63. The zero-order valence-electron chi connectivity index (χ0n) is 35.3. The van der Waals surface area contributed by atoms with E-state index in [9.17, 15) is 0 Å². The number of rotatable bonds is 5. The van der Waals surface area contributed by atoms with Crippen molar-refractivity contribution < 1.29 is 0 Å². The predicted octanol–water partition coefficient (Wildman–Crippen LogP) is 15.8. The Morgan fingerprint density at radius 3 is 1.13 bits per heavy atom. The molecule has 0 aromatic heterocycles. The molecule has 2 aromatic carbocycles. The Morgan fingerprint density at radius 1 is 0.553 bits per heavy atom. The summed E-state index contributed by atoms with van der Waals surface area (Å²) in [6.07, 6.45) is 10.3. The largest absolute Gasteiger partial charge is 0.106 e. The van der Waals surface area contributed by atoms with Gasteiger partial charge in [-0.15, -0.1) is 46.1 Å². The SMILES string of the molecule is C=C.C=C.C=C.C=CC.CC.CC.CC.CC.CCCc1cc2c(cc1CCC)C1(CC(C)(C)c3cc(C)c(CC)cc31)CC2(C)C. The molecule has 0 fully saturated rings. The molecule has 2 aliphatic rings. The van der Waals surface area contributed by atoms with Crippen LogP contribution in [0.3, 0.4) is 0 Å². The maximum Gasteiger partial charge on any atom is 0.0225 e. The Bertz CT molecular complexity index is 1060. The third-order valence-corrected chi connectivity index (χ3v) is 8.21. The van der Waals surface area contributed by atoms with Crippen molar-refractivity contribution in [2.45, 2.75) is 179 Å². The maximum absolute atomic E-state index is 3.36. The number of aryl methyl sites for hydroxylation is 4. The van der Waals surface area contributed by atoms with Crippen molar-refractivity contribution in [3.05, 3.63) is 121 Å². The molecule has 0 saturated carbocycles. The van der Waals surface area contributed by atoms with E-state index in [1.165, 1.54) is 49.7 Å². The zero-order chi connectivity index (χ0) is 38.6. The lowest BCUT2D eigenvalue weighted by atomic mass is 9.72. The molecule has 0 amide bonds. The van der Waals surface area contributed by atoms with Gasteiger partial charge >= 0.3 is 0 Å². The number of hydrogen-bond acceptors (Lipinski definition) is 0. The summed E-state index contributed by atoms with van der Waals surface area (Å²) in [7, 11) is 0. The quantitative estimate of drug-likeness (QED) is 0.283. The maximum atomic E-state index is 3.36. The standard InChI is InChI=1S/C30H42.C3H6.4C2H6.3C2H4/c1-9-12-22-16-25-27(17-23(22)13-10-2)30(19-29(25,7)8)18-28(5,6)24-14-20(4)21(11-3)15-26(24)30;1-3-2;7*1-2/h14-17H,9-13,18-19H2,1-8H3;3H,1H2,2H3;4*1-2H3;3*1-2H2. The van der Waals surface area contributed by atoms with Crippen LogP contribution in [0, 0.1) is 6.92 Å². The topological polar surface area (TPSA) is 0 Å². The first-order valence-electron chi connectivity index (χ1n) is 18.9. The second kappa shape index (κ2) is 29.5. The van der Waals surface area contributed by atoms with E-state index in [4.69, 9.17) is 0 Å². The van der Waals surface area contributed by atoms with Crippen molar-refractivity contribution in [2.24, 2.45) is 0 Å². The first-order chi connectivity index (χ1) is 22.5. The number of hydrogen-bond donors (Lipinski definition) is 0. The van der Waals surface area contributed by atoms with Crippen LogP contribution in [0.15, 0.2) is 76.4 Å². The summed E-state index contributed by atoms with van der Waals surface area (Å²) in [5.74, 6) is 0. The van der Waals surface area contributed by atoms with Crippen LogP contribution in [0.4, 0.5) is 0 Å². The van der Waals surface area contributed by atoms with Crippen LogP contribution in [0.2, 0.25) is 0 Å². The van der Waals surface area contributed by atoms with Gasteiger partial charge in [0.1, 0.15) is 0 Å². The third-order valence-electron chi connectivity index (χ3n) is 8.21. The molecule has 0 heteroatoms. The molecule has 1 atom stereocenters. The summed E-state index contributed by atoms with van der Waals surface area (Å²) in [6, 6.07) is 10.4. The van der Waals surface area contributed by atoms with E-state index in [0.29, 0.717) is 0 Å². The Kier molecular flexibility index (Phi) is 33.9. The average molecular weight is 649 g/mol. The van der Waals surface area contributed by atoms with Crippen LogP contribution < -0.4 is 0 Å². The van der Waals surface area contributed by atoms with Crippen molar-refractivity contribution in [1.29, 1.82) is 0 Å². The summed E-state index contributed by atoms with van der Waals surface area (Å²) < 4.78 is 0. The van der Waals surface area contributed by atoms with Crippen LogP contribution >= 0.6 is 0 Å². The number of benzene rings is 2. The minimum atomic E-state index is 0.183. The summed E-state index contributed by atoms with van der Waals surface area (Å²) in [5.41, 5.74) is 13.4. The molecule has 0 heterocycles. The van der Waals surface area contributed by atoms with Gasteiger partial charge in [0.05, 0.1) is 0 Å². The molecule has 0 radical (unpaired) electrons. The van der Waals surface area contributed by atoms with E-state index >= 15 is 0 Å². The predicted molar refractivity (Wildman–Crippen MR) is 226 cm³/mol. The van der Waals surface area contributed by atoms with Crippen molar-refractivity contribution in [1.82, 2.24) is 0 Å². The zero-order valence-corrected chi connectivity index (χ0v) is 35.3. The third kappa shape index (κ3) is 13.8. The van der Waals surface area contributed by atoms with Gasteiger partial charge < -0.3 is 0 Å². The molecule has 0 aliphatic heterocycles. The van der Waals surface area contributed by atoms with Crippen LogP contribution in [0.25, 0.3) is 0 Å². The summed E-state index contributed by atoms with van der Waals surface area (Å²) >= 11 is 0. The molecule has 0 saturated heterocycles. The smallest absolute Gasteiger partial charge is 0.0225 e. The molecular weight excluding hydrogens is 565 g/mol. The molecule has 0 N–H and O–H groups in total. The van der Waals surface area contributed by atoms with Gasteiger partial charge in [-0.3, -0.25) is 0 Å². The summed E-state index contributed by atoms with van der Waals surface area (Å²) in [6.45, 7) is 58.5. The molecule has 0 bridgehead atoms. The van der Waals surface area contributed by atoms with Crippen molar-refractivity contribution in [2.75, 3.05) is 0 Å². The van der Waals surface area contributed by atoms with E-state index in [0.717, 1.165) is 6.42 Å². The number of fused-ring (bicyclic) bond motifs is 4. The van der Waals surface area contributed by atoms with Gasteiger partial charge in [0, 0.05) is 5.41 Å². The molecule has 2 aromatic rings. The molecule has 4 rings (SSSR count). The first-order valence-corrected chi connectivity index (χ1v) is 18.9. The van der Waals surface area contributed by atoms with E-state index in [-0.39, 0.29) is 16.2 Å². The normalized spacial score (nSPS) is 15.8. The molecule has 47 heavy (non-hydrogen) atoms. The van der Waals surface area contributed by atoms with E-state index in [2.05, 4.69) is 126 Å². The lowest BCUT2D eigenvalue weighted by Crippen LogP contribution is -2.27. The Hall–Kier alpha value is -2.60. The first kappa shape index (κ1) is 53.9. The van der Waals surface area contributed by atoms with Gasteiger partial charge in [-0.25, -0.2) is 0 Å². The van der Waals surface area contributed by atoms with Gasteiger partial charge in [-0.2, -0.15) is 0 Å². The fraction of sp³-hybridized carbons (Fsp3) is 0.574. The summed E-state index contributed by atoms with van der Waals surface area (Å²) in [4.78, 5) is 0. The molecule has 272 valence electrons. The molecule has 1 spiro atoms. The fourth-order valence-corrected chi connectivity index (χ4v) is 7.03. The van der Waals surface area contributed by atoms with Gasteiger partial charge in [0.15, 0.2) is 0 Å². The lowest BCUT2D eigenvalue weighted by molar-refractivity contribution is 0.349. The van der Waals surface area contributed by atoms with Crippen LogP contribution in [-0.4, -0.2) is 0 Å². The fourth-order valence-electron chi connectivity index (χ4n) is 7.03. The lowest BCUT2D eigenvalue weighted by Gasteiger charge is -2.31. The summed E-state index contributed by atoms with van der Waals surface area (Å²) in [5, 5.41) is 0. The van der Waals surface area contributed by atoms with E-state index in [1.807, 2.05) is 62.3 Å². The number of allylic oxidation sites excluding steroid dienone is 1. The van der Waals surface area contributed by atoms with E-state index in [1.54, 1.807) is 39.5 Å². The molecular formula is C47H84. The molecule has 0 nitrogen and oxygen atoms in total. The molecule has 1 unspecified atom stereocenters. The van der Waals surface area contributed by atoms with E-state index < -0.39 is 0 Å². The van der Waals surface area contributed by atoms with Crippen molar-refractivity contribution >= 4 is 0 Å². The molecule has 2 aliphatic carbocycles. The van der Waals surface area contributed by atoms with Gasteiger partial charge in [-0.1, -0.05) is 147 Å². The monoisotopic (exact) mass is 649 g/mol. The van der Waals surface area contributed by atoms with Gasteiger partial charge in [0.2, 0.25) is 0 Å². The highest BCUT2D eigenvalue weighted by Gasteiger charge is 2.56. The second-order valence-electron chi connectivity index (χ2n) is 12.0. The Balaban J connectivity index is -0.000000300. The second-order valence-corrected chi connectivity index (χ2v) is 12.0. The minimum absolute atomic E-state index is 0.183. The van der Waals surface area contributed by atoms with Gasteiger partial charge in [0.25, 0.3) is 0 Å². The highest BCUT2D eigenvalue weighted by atomic mass is 14.6. The van der Waals surface area contributed by atoms with Crippen LogP contribution in [0.1, 0.15) is 181 Å². The average Bonchev–Trinajstić information content (AvgIpc) is 3.46. The Labute approximate surface area is 299 Å². The minimum Gasteiger partial charge on any atom is -0.106 e. The Morgan fingerprint density at radius 2 is 0.830 bits per heavy atom. The van der Waals surface area contributed by atoms with Gasteiger partial charge in [-0.05, 0) is 101 Å². The van der Waals surface area contributed by atoms with Crippen molar-refractivity contribution in [3.63, 3.8) is 0 Å². The van der Waals surface area contributed by atoms with Crippen molar-refractivity contribution in [3.8, 4) is 0 Å². The van der Waals surface area contributed by atoms with Crippen LogP contribution in [-0.2, 0) is 35.5 Å².